The predicted molar refractivity (Wildman–Crippen MR) is 83.7 cm³/mol. The minimum atomic E-state index is 0.265. The summed E-state index contributed by atoms with van der Waals surface area (Å²) in [4.78, 5) is 18.7. The zero-order valence-electron chi connectivity index (χ0n) is 12.0. The minimum absolute atomic E-state index is 0.265. The number of aromatic nitrogens is 1. The number of hydrogen-bond acceptors (Lipinski definition) is 4. The largest absolute Gasteiger partial charge is 0.338 e. The van der Waals surface area contributed by atoms with Crippen LogP contribution in [0.2, 0.25) is 0 Å². The van der Waals surface area contributed by atoms with Crippen LogP contribution in [0.1, 0.15) is 25.5 Å². The van der Waals surface area contributed by atoms with Crippen LogP contribution in [0, 0.1) is 0 Å². The van der Waals surface area contributed by atoms with Crippen LogP contribution in [-0.2, 0) is 10.5 Å². The molecule has 0 bridgehead atoms. The van der Waals surface area contributed by atoms with Crippen LogP contribution in [0.5, 0.6) is 0 Å². The summed E-state index contributed by atoms with van der Waals surface area (Å²) in [5, 5.41) is 3.34. The number of rotatable bonds is 7. The molecule has 1 aliphatic heterocycles. The van der Waals surface area contributed by atoms with Crippen LogP contribution in [-0.4, -0.2) is 47.2 Å². The second-order valence-corrected chi connectivity index (χ2v) is 6.03. The van der Waals surface area contributed by atoms with E-state index in [1.165, 1.54) is 0 Å². The monoisotopic (exact) mass is 293 g/mol. The highest BCUT2D eigenvalue weighted by molar-refractivity contribution is 7.99. The molecular formula is C15H23N3OS. The van der Waals surface area contributed by atoms with Gasteiger partial charge in [0.05, 0.1) is 11.4 Å². The minimum Gasteiger partial charge on any atom is -0.338 e. The molecule has 1 aromatic heterocycles. The van der Waals surface area contributed by atoms with Gasteiger partial charge in [0.15, 0.2) is 0 Å². The Kier molecular flexibility index (Phi) is 6.33. The van der Waals surface area contributed by atoms with Gasteiger partial charge in [0.2, 0.25) is 5.91 Å². The highest BCUT2D eigenvalue weighted by Gasteiger charge is 2.25. The highest BCUT2D eigenvalue weighted by Crippen LogP contribution is 2.14. The Morgan fingerprint density at radius 1 is 1.55 bits per heavy atom. The normalized spacial score (nSPS) is 18.1. The quantitative estimate of drug-likeness (QED) is 0.834. The van der Waals surface area contributed by atoms with E-state index in [0.717, 1.165) is 43.9 Å². The summed E-state index contributed by atoms with van der Waals surface area (Å²) < 4.78 is 0. The maximum absolute atomic E-state index is 12.4. The lowest BCUT2D eigenvalue weighted by atomic mass is 10.2. The van der Waals surface area contributed by atoms with Crippen molar-refractivity contribution in [1.29, 1.82) is 0 Å². The van der Waals surface area contributed by atoms with Crippen LogP contribution in [0.25, 0.3) is 0 Å². The van der Waals surface area contributed by atoms with Gasteiger partial charge in [-0.3, -0.25) is 9.78 Å². The number of carbonyl (C=O) groups is 1. The molecule has 0 saturated carbocycles. The van der Waals surface area contributed by atoms with E-state index in [9.17, 15) is 4.79 Å². The predicted octanol–water partition coefficient (Wildman–Crippen LogP) is 1.92. The van der Waals surface area contributed by atoms with Crippen molar-refractivity contribution in [3.05, 3.63) is 30.1 Å². The number of nitrogens with one attached hydrogen (secondary N) is 1. The average Bonchev–Trinajstić information content (AvgIpc) is 2.99. The third kappa shape index (κ3) is 4.49. The fraction of sp³-hybridized carbons (Fsp3) is 0.600. The molecule has 5 heteroatoms. The summed E-state index contributed by atoms with van der Waals surface area (Å²) in [6.45, 7) is 4.97. The van der Waals surface area contributed by atoms with Crippen LogP contribution in [0.15, 0.2) is 24.4 Å². The number of amides is 1. The summed E-state index contributed by atoms with van der Waals surface area (Å²) in [5.41, 5.74) is 1.04. The van der Waals surface area contributed by atoms with Crippen LogP contribution in [0.4, 0.5) is 0 Å². The number of hydrogen-bond donors (Lipinski definition) is 1. The second-order valence-electron chi connectivity index (χ2n) is 5.05. The lowest BCUT2D eigenvalue weighted by molar-refractivity contribution is -0.130. The molecule has 110 valence electrons. The molecule has 20 heavy (non-hydrogen) atoms. The van der Waals surface area contributed by atoms with Gasteiger partial charge >= 0.3 is 0 Å². The van der Waals surface area contributed by atoms with Gasteiger partial charge in [-0.1, -0.05) is 13.0 Å². The fourth-order valence-corrected chi connectivity index (χ4v) is 3.29. The Morgan fingerprint density at radius 2 is 2.45 bits per heavy atom. The SMILES string of the molecule is CCCN(C(=O)CSCc1ccccn1)C1CCNC1. The zero-order valence-corrected chi connectivity index (χ0v) is 12.9. The maximum atomic E-state index is 12.4. The van der Waals surface area contributed by atoms with Crippen molar-refractivity contribution in [2.45, 2.75) is 31.6 Å². The second kappa shape index (κ2) is 8.27. The Balaban J connectivity index is 1.79. The van der Waals surface area contributed by atoms with Crippen molar-refractivity contribution < 1.29 is 4.79 Å². The third-order valence-corrected chi connectivity index (χ3v) is 4.41. The molecule has 1 atom stereocenters. The van der Waals surface area contributed by atoms with E-state index in [0.29, 0.717) is 11.8 Å². The first-order valence-corrected chi connectivity index (χ1v) is 8.44. The van der Waals surface area contributed by atoms with E-state index in [4.69, 9.17) is 0 Å². The molecule has 0 aromatic carbocycles. The van der Waals surface area contributed by atoms with Crippen molar-refractivity contribution in [3.8, 4) is 0 Å². The Hall–Kier alpha value is -1.07. The molecule has 0 radical (unpaired) electrons. The van der Waals surface area contributed by atoms with Crippen molar-refractivity contribution in [3.63, 3.8) is 0 Å². The first-order valence-electron chi connectivity index (χ1n) is 7.29. The topological polar surface area (TPSA) is 45.2 Å². The molecule has 1 saturated heterocycles. The first kappa shape index (κ1) is 15.3. The first-order chi connectivity index (χ1) is 9.81. The Labute approximate surface area is 125 Å². The van der Waals surface area contributed by atoms with Gasteiger partial charge in [0.1, 0.15) is 0 Å². The molecule has 1 amide bonds. The van der Waals surface area contributed by atoms with Gasteiger partial charge in [-0.25, -0.2) is 0 Å². The average molecular weight is 293 g/mol. The summed E-state index contributed by atoms with van der Waals surface area (Å²) in [6, 6.07) is 6.29. The third-order valence-electron chi connectivity index (χ3n) is 3.46. The maximum Gasteiger partial charge on any atom is 0.232 e. The molecule has 0 spiro atoms. The van der Waals surface area contributed by atoms with Gasteiger partial charge in [0, 0.05) is 31.1 Å². The van der Waals surface area contributed by atoms with E-state index < -0.39 is 0 Å². The van der Waals surface area contributed by atoms with Gasteiger partial charge in [-0.15, -0.1) is 11.8 Å². The molecule has 1 unspecified atom stereocenters. The molecule has 1 fully saturated rings. The number of carbonyl (C=O) groups excluding carboxylic acids is 1. The summed E-state index contributed by atoms with van der Waals surface area (Å²) >= 11 is 1.65. The summed E-state index contributed by atoms with van der Waals surface area (Å²) in [7, 11) is 0. The molecule has 2 heterocycles. The van der Waals surface area contributed by atoms with E-state index in [-0.39, 0.29) is 5.91 Å². The van der Waals surface area contributed by atoms with Gasteiger partial charge in [0.25, 0.3) is 0 Å². The van der Waals surface area contributed by atoms with Gasteiger partial charge in [-0.2, -0.15) is 0 Å². The van der Waals surface area contributed by atoms with Gasteiger partial charge in [-0.05, 0) is 31.5 Å². The number of pyridine rings is 1. The van der Waals surface area contributed by atoms with Crippen LogP contribution in [0.3, 0.4) is 0 Å². The molecule has 1 aliphatic rings. The number of thioether (sulfide) groups is 1. The van der Waals surface area contributed by atoms with E-state index >= 15 is 0 Å². The van der Waals surface area contributed by atoms with E-state index in [2.05, 4.69) is 22.1 Å². The van der Waals surface area contributed by atoms with Crippen molar-refractivity contribution >= 4 is 17.7 Å². The van der Waals surface area contributed by atoms with Crippen molar-refractivity contribution in [2.75, 3.05) is 25.4 Å². The molecule has 1 N–H and O–H groups in total. The van der Waals surface area contributed by atoms with Crippen LogP contribution >= 0.6 is 11.8 Å². The lowest BCUT2D eigenvalue weighted by Gasteiger charge is -2.28. The molecule has 0 aliphatic carbocycles. The zero-order chi connectivity index (χ0) is 14.2. The Bertz CT molecular complexity index is 407. The lowest BCUT2D eigenvalue weighted by Crippen LogP contribution is -2.43. The Morgan fingerprint density at radius 3 is 3.10 bits per heavy atom. The highest BCUT2D eigenvalue weighted by atomic mass is 32.2. The summed E-state index contributed by atoms with van der Waals surface area (Å²) in [5.74, 6) is 1.61. The molecule has 4 nitrogen and oxygen atoms in total. The molecule has 1 aromatic rings. The van der Waals surface area contributed by atoms with E-state index in [1.807, 2.05) is 18.2 Å². The molecule has 2 rings (SSSR count). The van der Waals surface area contributed by atoms with Crippen molar-refractivity contribution in [1.82, 2.24) is 15.2 Å². The van der Waals surface area contributed by atoms with E-state index in [1.54, 1.807) is 18.0 Å². The van der Waals surface area contributed by atoms with Crippen molar-refractivity contribution in [2.24, 2.45) is 0 Å². The standard InChI is InChI=1S/C15H23N3OS/c1-2-9-18(14-6-8-16-10-14)15(19)12-20-11-13-5-3-4-7-17-13/h3-5,7,14,16H,2,6,8-12H2,1H3. The smallest absolute Gasteiger partial charge is 0.232 e. The number of nitrogens with zero attached hydrogens (tertiary/aromatic N) is 2. The fourth-order valence-electron chi connectivity index (χ4n) is 2.47. The molecular weight excluding hydrogens is 270 g/mol. The van der Waals surface area contributed by atoms with Crippen LogP contribution < -0.4 is 5.32 Å². The summed E-state index contributed by atoms with van der Waals surface area (Å²) in [6.07, 6.45) is 3.90. The van der Waals surface area contributed by atoms with Gasteiger partial charge < -0.3 is 10.2 Å².